The number of fused-ring (bicyclic) bond motifs is 1. The van der Waals surface area contributed by atoms with E-state index in [1.54, 1.807) is 12.1 Å². The van der Waals surface area contributed by atoms with Crippen LogP contribution in [0.2, 0.25) is 0 Å². The van der Waals surface area contributed by atoms with Gasteiger partial charge >= 0.3 is 0 Å². The Morgan fingerprint density at radius 1 is 1.00 bits per heavy atom. The van der Waals surface area contributed by atoms with E-state index < -0.39 is 0 Å². The minimum absolute atomic E-state index is 0.152. The number of amides is 1. The molecule has 0 fully saturated rings. The molecule has 3 rings (SSSR count). The fraction of sp³-hybridized carbons (Fsp3) is 0.348. The zero-order valence-corrected chi connectivity index (χ0v) is 17.1. The fourth-order valence-electron chi connectivity index (χ4n) is 3.30. The predicted octanol–water partition coefficient (Wildman–Crippen LogP) is 3.95. The number of hydrogen-bond donors (Lipinski definition) is 2. The third-order valence-corrected chi connectivity index (χ3v) is 4.89. The van der Waals surface area contributed by atoms with E-state index in [0.717, 1.165) is 37.1 Å². The van der Waals surface area contributed by atoms with Gasteiger partial charge in [0.15, 0.2) is 5.69 Å². The average Bonchev–Trinajstić information content (AvgIpc) is 2.75. The van der Waals surface area contributed by atoms with Crippen LogP contribution in [0.25, 0.3) is 10.8 Å². The van der Waals surface area contributed by atoms with Gasteiger partial charge in [-0.3, -0.25) is 9.59 Å². The number of nitrogens with zero attached hydrogens (tertiary/aromatic N) is 2. The number of anilines is 1. The molecule has 1 heterocycles. The van der Waals surface area contributed by atoms with Gasteiger partial charge in [0.05, 0.1) is 5.39 Å². The number of rotatable bonds is 9. The number of para-hydroxylation sites is 1. The maximum absolute atomic E-state index is 13.1. The molecule has 1 amide bonds. The molecule has 0 aliphatic carbocycles. The monoisotopic (exact) mass is 392 g/mol. The van der Waals surface area contributed by atoms with Gasteiger partial charge in [0.25, 0.3) is 11.5 Å². The second kappa shape index (κ2) is 9.98. The summed E-state index contributed by atoms with van der Waals surface area (Å²) < 4.78 is 1.43. The highest BCUT2D eigenvalue weighted by atomic mass is 16.2. The molecule has 0 atom stereocenters. The van der Waals surface area contributed by atoms with Crippen molar-refractivity contribution in [2.75, 3.05) is 11.9 Å². The fourth-order valence-corrected chi connectivity index (χ4v) is 3.30. The molecule has 6 nitrogen and oxygen atoms in total. The minimum atomic E-state index is -0.311. The number of nitrogens with one attached hydrogen (secondary N) is 2. The van der Waals surface area contributed by atoms with Crippen LogP contribution in [0.5, 0.6) is 0 Å². The number of hydrogen-bond acceptors (Lipinski definition) is 4. The lowest BCUT2D eigenvalue weighted by Gasteiger charge is -2.13. The first-order chi connectivity index (χ1) is 14.2. The molecule has 0 bridgehead atoms. The average molecular weight is 393 g/mol. The Morgan fingerprint density at radius 2 is 1.72 bits per heavy atom. The molecule has 0 aliphatic rings. The third-order valence-electron chi connectivity index (χ3n) is 4.89. The van der Waals surface area contributed by atoms with Crippen molar-refractivity contribution >= 4 is 22.4 Å². The van der Waals surface area contributed by atoms with Crippen molar-refractivity contribution in [2.24, 2.45) is 0 Å². The van der Waals surface area contributed by atoms with Crippen molar-refractivity contribution in [1.82, 2.24) is 15.1 Å². The smallest absolute Gasteiger partial charge is 0.276 e. The molecule has 29 heavy (non-hydrogen) atoms. The van der Waals surface area contributed by atoms with Crippen molar-refractivity contribution in [3.8, 4) is 0 Å². The maximum Gasteiger partial charge on any atom is 0.276 e. The molecule has 0 saturated carbocycles. The highest BCUT2D eigenvalue weighted by Gasteiger charge is 2.17. The van der Waals surface area contributed by atoms with Crippen molar-refractivity contribution in [2.45, 2.75) is 46.2 Å². The van der Waals surface area contributed by atoms with Crippen LogP contribution in [0.3, 0.4) is 0 Å². The second-order valence-electron chi connectivity index (χ2n) is 7.02. The van der Waals surface area contributed by atoms with E-state index in [9.17, 15) is 9.59 Å². The summed E-state index contributed by atoms with van der Waals surface area (Å²) in [7, 11) is 0. The Kier molecular flexibility index (Phi) is 7.14. The Bertz CT molecular complexity index is 1040. The lowest BCUT2D eigenvalue weighted by molar-refractivity contribution is 0.102. The number of aromatic nitrogens is 2. The second-order valence-corrected chi connectivity index (χ2v) is 7.02. The first-order valence-electron chi connectivity index (χ1n) is 10.3. The molecule has 1 aromatic heterocycles. The van der Waals surface area contributed by atoms with Gasteiger partial charge in [-0.2, -0.15) is 5.10 Å². The zero-order chi connectivity index (χ0) is 20.6. The topological polar surface area (TPSA) is 76.0 Å². The van der Waals surface area contributed by atoms with Crippen molar-refractivity contribution in [3.63, 3.8) is 0 Å². The number of carbonyl (C=O) groups excluding carboxylic acids is 1. The van der Waals surface area contributed by atoms with E-state index >= 15 is 0 Å². The van der Waals surface area contributed by atoms with Crippen molar-refractivity contribution in [3.05, 3.63) is 70.1 Å². The molecule has 0 unspecified atom stereocenters. The maximum atomic E-state index is 13.1. The van der Waals surface area contributed by atoms with Gasteiger partial charge in [0, 0.05) is 24.2 Å². The van der Waals surface area contributed by atoms with E-state index in [4.69, 9.17) is 0 Å². The Labute approximate surface area is 170 Å². The summed E-state index contributed by atoms with van der Waals surface area (Å²) in [6.45, 7) is 6.17. The van der Waals surface area contributed by atoms with Gasteiger partial charge in [0.2, 0.25) is 0 Å². The summed E-state index contributed by atoms with van der Waals surface area (Å²) in [6.07, 6.45) is 2.92. The largest absolute Gasteiger partial charge is 0.320 e. The first-order valence-corrected chi connectivity index (χ1v) is 10.3. The molecule has 3 aromatic rings. The van der Waals surface area contributed by atoms with Crippen LogP contribution in [-0.4, -0.2) is 22.2 Å². The molecule has 2 aromatic carbocycles. The Hall–Kier alpha value is -2.99. The minimum Gasteiger partial charge on any atom is -0.320 e. The van der Waals surface area contributed by atoms with Gasteiger partial charge in [-0.15, -0.1) is 0 Å². The summed E-state index contributed by atoms with van der Waals surface area (Å²) in [5.74, 6) is -0.311. The summed E-state index contributed by atoms with van der Waals surface area (Å²) in [6, 6.07) is 14.9. The van der Waals surface area contributed by atoms with Gasteiger partial charge in [-0.1, -0.05) is 63.1 Å². The summed E-state index contributed by atoms with van der Waals surface area (Å²) in [5, 5.41) is 11.8. The summed E-state index contributed by atoms with van der Waals surface area (Å²) in [5.41, 5.74) is 1.87. The highest BCUT2D eigenvalue weighted by Crippen LogP contribution is 2.19. The van der Waals surface area contributed by atoms with E-state index in [1.165, 1.54) is 4.68 Å². The van der Waals surface area contributed by atoms with Gasteiger partial charge in [-0.05, 0) is 30.7 Å². The van der Waals surface area contributed by atoms with Crippen LogP contribution < -0.4 is 16.2 Å². The van der Waals surface area contributed by atoms with Crippen LogP contribution in [0.15, 0.2) is 53.3 Å². The lowest BCUT2D eigenvalue weighted by atomic mass is 10.1. The molecule has 152 valence electrons. The molecule has 2 N–H and O–H groups in total. The summed E-state index contributed by atoms with van der Waals surface area (Å²) in [4.78, 5) is 25.9. The summed E-state index contributed by atoms with van der Waals surface area (Å²) >= 11 is 0. The molecule has 0 radical (unpaired) electrons. The predicted molar refractivity (Wildman–Crippen MR) is 117 cm³/mol. The molecular weight excluding hydrogens is 364 g/mol. The van der Waals surface area contributed by atoms with Crippen LogP contribution >= 0.6 is 0 Å². The van der Waals surface area contributed by atoms with E-state index in [1.807, 2.05) is 43.3 Å². The third kappa shape index (κ3) is 4.90. The standard InChI is InChI=1S/C23H28N4O2/c1-3-5-10-15-27-23(29)19-13-8-7-12-18(19)21(26-27)22(28)25-20-14-9-6-11-17(20)16-24-4-2/h6-9,11-14,24H,3-5,10,15-16H2,1-2H3,(H,25,28). The van der Waals surface area contributed by atoms with Gasteiger partial charge < -0.3 is 10.6 Å². The Morgan fingerprint density at radius 3 is 2.48 bits per heavy atom. The highest BCUT2D eigenvalue weighted by molar-refractivity contribution is 6.11. The first kappa shape index (κ1) is 20.7. The van der Waals surface area contributed by atoms with Crippen LogP contribution in [0.4, 0.5) is 5.69 Å². The molecular formula is C23H28N4O2. The molecule has 0 aliphatic heterocycles. The quantitative estimate of drug-likeness (QED) is 0.541. The van der Waals surface area contributed by atoms with Crippen molar-refractivity contribution in [1.29, 1.82) is 0 Å². The number of carbonyl (C=O) groups is 1. The molecule has 0 saturated heterocycles. The van der Waals surface area contributed by atoms with Gasteiger partial charge in [-0.25, -0.2) is 4.68 Å². The Balaban J connectivity index is 1.97. The van der Waals surface area contributed by atoms with Crippen LogP contribution in [0.1, 0.15) is 49.2 Å². The van der Waals surface area contributed by atoms with Crippen molar-refractivity contribution < 1.29 is 4.79 Å². The van der Waals surface area contributed by atoms with Crippen LogP contribution in [-0.2, 0) is 13.1 Å². The normalized spacial score (nSPS) is 11.0. The SMILES string of the molecule is CCCCCn1nc(C(=O)Nc2ccccc2CNCC)c2ccccc2c1=O. The van der Waals surface area contributed by atoms with E-state index in [2.05, 4.69) is 22.7 Å². The number of aryl methyl sites for hydroxylation is 1. The molecule has 6 heteroatoms. The number of unbranched alkanes of at least 4 members (excludes halogenated alkanes) is 2. The van der Waals surface area contributed by atoms with E-state index in [-0.39, 0.29) is 17.2 Å². The van der Waals surface area contributed by atoms with Gasteiger partial charge in [0.1, 0.15) is 0 Å². The number of benzene rings is 2. The molecule has 0 spiro atoms. The lowest BCUT2D eigenvalue weighted by Crippen LogP contribution is -2.28. The zero-order valence-electron chi connectivity index (χ0n) is 17.1. The van der Waals surface area contributed by atoms with E-state index in [0.29, 0.717) is 23.9 Å². The van der Waals surface area contributed by atoms with Crippen LogP contribution in [0, 0.1) is 0 Å².